The first-order valence-electron chi connectivity index (χ1n) is 6.01. The number of carbonyl (C=O) groups excluding carboxylic acids is 1. The third kappa shape index (κ3) is 2.10. The summed E-state index contributed by atoms with van der Waals surface area (Å²) in [6.45, 7) is 4.59. The van der Waals surface area contributed by atoms with E-state index in [0.29, 0.717) is 6.54 Å². The molecule has 0 fully saturated rings. The van der Waals surface area contributed by atoms with Crippen molar-refractivity contribution < 1.29 is 4.79 Å². The maximum absolute atomic E-state index is 12.3. The van der Waals surface area contributed by atoms with Gasteiger partial charge in [-0.1, -0.05) is 52.8 Å². The van der Waals surface area contributed by atoms with Crippen LogP contribution in [0.25, 0.3) is 5.70 Å². The van der Waals surface area contributed by atoms with E-state index in [4.69, 9.17) is 0 Å². The summed E-state index contributed by atoms with van der Waals surface area (Å²) in [6, 6.07) is 15.6. The largest absolute Gasteiger partial charge is 0.304 e. The highest BCUT2D eigenvalue weighted by molar-refractivity contribution is 9.10. The van der Waals surface area contributed by atoms with Crippen LogP contribution in [0.4, 0.5) is 0 Å². The third-order valence-electron chi connectivity index (χ3n) is 3.29. The predicted molar refractivity (Wildman–Crippen MR) is 79.5 cm³/mol. The standard InChI is InChI=1S/C16H12BrNO/c1-11-14-4-2-3-5-15(14)16(19)18(11)10-12-6-8-13(17)9-7-12/h2-9H,1,10H2. The quantitative estimate of drug-likeness (QED) is 0.818. The fraction of sp³-hybridized carbons (Fsp3) is 0.0625. The molecule has 0 bridgehead atoms. The lowest BCUT2D eigenvalue weighted by atomic mass is 10.1. The van der Waals surface area contributed by atoms with Crippen LogP contribution in [-0.4, -0.2) is 10.8 Å². The van der Waals surface area contributed by atoms with Gasteiger partial charge in [0.2, 0.25) is 0 Å². The van der Waals surface area contributed by atoms with E-state index in [9.17, 15) is 4.79 Å². The van der Waals surface area contributed by atoms with E-state index in [0.717, 1.165) is 26.9 Å². The summed E-state index contributed by atoms with van der Waals surface area (Å²) in [7, 11) is 0. The van der Waals surface area contributed by atoms with Crippen LogP contribution in [0, 0.1) is 0 Å². The van der Waals surface area contributed by atoms with Crippen LogP contribution in [0.2, 0.25) is 0 Å². The molecule has 2 aromatic carbocycles. The maximum Gasteiger partial charge on any atom is 0.259 e. The van der Waals surface area contributed by atoms with Crippen molar-refractivity contribution in [1.29, 1.82) is 0 Å². The van der Waals surface area contributed by atoms with Gasteiger partial charge in [-0.2, -0.15) is 0 Å². The molecule has 3 rings (SSSR count). The molecule has 0 radical (unpaired) electrons. The molecule has 1 aliphatic rings. The monoisotopic (exact) mass is 313 g/mol. The summed E-state index contributed by atoms with van der Waals surface area (Å²) in [4.78, 5) is 14.1. The van der Waals surface area contributed by atoms with Crippen LogP contribution in [0.15, 0.2) is 59.6 Å². The average molecular weight is 314 g/mol. The Hall–Kier alpha value is -1.87. The van der Waals surface area contributed by atoms with Gasteiger partial charge in [-0.15, -0.1) is 0 Å². The van der Waals surface area contributed by atoms with E-state index in [2.05, 4.69) is 22.5 Å². The van der Waals surface area contributed by atoms with Crippen molar-refractivity contribution in [3.63, 3.8) is 0 Å². The van der Waals surface area contributed by atoms with Gasteiger partial charge in [-0.3, -0.25) is 4.79 Å². The molecule has 0 atom stereocenters. The molecule has 0 spiro atoms. The Balaban J connectivity index is 1.90. The molecule has 1 heterocycles. The second-order valence-electron chi connectivity index (χ2n) is 4.51. The van der Waals surface area contributed by atoms with Crippen molar-refractivity contribution in [3.05, 3.63) is 76.3 Å². The molecule has 2 nitrogen and oxygen atoms in total. The van der Waals surface area contributed by atoms with E-state index in [1.54, 1.807) is 4.90 Å². The summed E-state index contributed by atoms with van der Waals surface area (Å²) in [5.41, 5.74) is 3.54. The van der Waals surface area contributed by atoms with Gasteiger partial charge < -0.3 is 4.90 Å². The number of nitrogens with zero attached hydrogens (tertiary/aromatic N) is 1. The van der Waals surface area contributed by atoms with E-state index < -0.39 is 0 Å². The van der Waals surface area contributed by atoms with Crippen molar-refractivity contribution >= 4 is 27.5 Å². The van der Waals surface area contributed by atoms with Crippen LogP contribution >= 0.6 is 15.9 Å². The molecule has 19 heavy (non-hydrogen) atoms. The van der Waals surface area contributed by atoms with Crippen molar-refractivity contribution in [2.75, 3.05) is 0 Å². The summed E-state index contributed by atoms with van der Waals surface area (Å²) in [6.07, 6.45) is 0. The van der Waals surface area contributed by atoms with E-state index in [1.165, 1.54) is 0 Å². The van der Waals surface area contributed by atoms with Crippen LogP contribution in [0.5, 0.6) is 0 Å². The molecule has 94 valence electrons. The number of halogens is 1. The van der Waals surface area contributed by atoms with Gasteiger partial charge in [0.1, 0.15) is 0 Å². The zero-order valence-corrected chi connectivity index (χ0v) is 11.9. The average Bonchev–Trinajstić information content (AvgIpc) is 2.67. The Morgan fingerprint density at radius 1 is 1.00 bits per heavy atom. The summed E-state index contributed by atoms with van der Waals surface area (Å²) in [5.74, 6) is 0.0310. The van der Waals surface area contributed by atoms with Crippen LogP contribution in [-0.2, 0) is 6.54 Å². The van der Waals surface area contributed by atoms with E-state index in [1.807, 2.05) is 48.5 Å². The Morgan fingerprint density at radius 2 is 1.63 bits per heavy atom. The smallest absolute Gasteiger partial charge is 0.259 e. The van der Waals surface area contributed by atoms with Gasteiger partial charge in [-0.05, 0) is 23.8 Å². The SMILES string of the molecule is C=C1c2ccccc2C(=O)N1Cc1ccc(Br)cc1. The number of carbonyl (C=O) groups is 1. The third-order valence-corrected chi connectivity index (χ3v) is 3.82. The second kappa shape index (κ2) is 4.67. The molecule has 2 aromatic rings. The van der Waals surface area contributed by atoms with Gasteiger partial charge in [0, 0.05) is 21.3 Å². The number of rotatable bonds is 2. The number of amides is 1. The first-order chi connectivity index (χ1) is 9.16. The van der Waals surface area contributed by atoms with Gasteiger partial charge in [0.05, 0.1) is 6.54 Å². The van der Waals surface area contributed by atoms with Crippen molar-refractivity contribution in [1.82, 2.24) is 4.90 Å². The lowest BCUT2D eigenvalue weighted by Crippen LogP contribution is -2.22. The molecular weight excluding hydrogens is 302 g/mol. The topological polar surface area (TPSA) is 20.3 Å². The first kappa shape index (κ1) is 12.2. The Bertz CT molecular complexity index is 626. The zero-order valence-electron chi connectivity index (χ0n) is 10.3. The molecule has 1 amide bonds. The minimum absolute atomic E-state index is 0.0310. The highest BCUT2D eigenvalue weighted by Crippen LogP contribution is 2.32. The molecule has 0 N–H and O–H groups in total. The van der Waals surface area contributed by atoms with Gasteiger partial charge in [0.15, 0.2) is 0 Å². The molecule has 0 aromatic heterocycles. The minimum Gasteiger partial charge on any atom is -0.304 e. The van der Waals surface area contributed by atoms with Gasteiger partial charge >= 0.3 is 0 Å². The molecule has 3 heteroatoms. The summed E-state index contributed by atoms with van der Waals surface area (Å²) < 4.78 is 1.03. The number of benzene rings is 2. The molecule has 0 aliphatic carbocycles. The Morgan fingerprint density at radius 3 is 2.26 bits per heavy atom. The second-order valence-corrected chi connectivity index (χ2v) is 5.43. The minimum atomic E-state index is 0.0310. The molecule has 0 unspecified atom stereocenters. The molecular formula is C16H12BrNO. The highest BCUT2D eigenvalue weighted by atomic mass is 79.9. The predicted octanol–water partition coefficient (Wildman–Crippen LogP) is 4.08. The van der Waals surface area contributed by atoms with Crippen molar-refractivity contribution in [2.45, 2.75) is 6.54 Å². The number of hydrogen-bond donors (Lipinski definition) is 0. The fourth-order valence-corrected chi connectivity index (χ4v) is 2.54. The normalized spacial score (nSPS) is 13.8. The molecule has 0 saturated heterocycles. The fourth-order valence-electron chi connectivity index (χ4n) is 2.27. The lowest BCUT2D eigenvalue weighted by molar-refractivity contribution is 0.0843. The number of hydrogen-bond acceptors (Lipinski definition) is 1. The van der Waals surface area contributed by atoms with Crippen LogP contribution in [0.1, 0.15) is 21.5 Å². The van der Waals surface area contributed by atoms with E-state index >= 15 is 0 Å². The molecule has 1 aliphatic heterocycles. The Labute approximate surface area is 120 Å². The van der Waals surface area contributed by atoms with Crippen LogP contribution in [0.3, 0.4) is 0 Å². The molecule has 0 saturated carbocycles. The number of fused-ring (bicyclic) bond motifs is 1. The zero-order chi connectivity index (χ0) is 13.4. The maximum atomic E-state index is 12.3. The first-order valence-corrected chi connectivity index (χ1v) is 6.81. The van der Waals surface area contributed by atoms with Crippen LogP contribution < -0.4 is 0 Å². The summed E-state index contributed by atoms with van der Waals surface area (Å²) in [5, 5.41) is 0. The van der Waals surface area contributed by atoms with Gasteiger partial charge in [0.25, 0.3) is 5.91 Å². The lowest BCUT2D eigenvalue weighted by Gasteiger charge is -2.17. The van der Waals surface area contributed by atoms with Crippen molar-refractivity contribution in [3.8, 4) is 0 Å². The Kier molecular flexibility index (Phi) is 2.99. The van der Waals surface area contributed by atoms with E-state index in [-0.39, 0.29) is 5.91 Å². The van der Waals surface area contributed by atoms with Crippen molar-refractivity contribution in [2.24, 2.45) is 0 Å². The highest BCUT2D eigenvalue weighted by Gasteiger charge is 2.30. The summed E-state index contributed by atoms with van der Waals surface area (Å²) >= 11 is 3.41. The van der Waals surface area contributed by atoms with Gasteiger partial charge in [-0.25, -0.2) is 0 Å².